The molecular weight excluding hydrogens is 164 g/mol. The van der Waals surface area contributed by atoms with Crippen molar-refractivity contribution in [3.63, 3.8) is 0 Å². The number of rotatable bonds is 0. The number of hydrogen-bond acceptors (Lipinski definition) is 3. The fourth-order valence-corrected chi connectivity index (χ4v) is 1.06. The van der Waals surface area contributed by atoms with Crippen LogP contribution >= 0.6 is 11.6 Å². The van der Waals surface area contributed by atoms with Crippen molar-refractivity contribution in [1.82, 2.24) is 14.6 Å². The summed E-state index contributed by atoms with van der Waals surface area (Å²) in [6.07, 6.45) is 1.61. The van der Waals surface area contributed by atoms with Gasteiger partial charge in [-0.2, -0.15) is 0 Å². The Hall–Kier alpha value is -1.29. The van der Waals surface area contributed by atoms with E-state index in [1.165, 1.54) is 4.52 Å². The molecular formula is C6H5ClN4. The molecule has 0 radical (unpaired) electrons. The number of nitrogens with zero attached hydrogens (tertiary/aromatic N) is 3. The van der Waals surface area contributed by atoms with Crippen molar-refractivity contribution in [3.05, 3.63) is 23.5 Å². The molecule has 2 heterocycles. The first-order valence-corrected chi connectivity index (χ1v) is 3.41. The molecule has 0 amide bonds. The number of halogens is 1. The maximum Gasteiger partial charge on any atom is 0.158 e. The molecule has 0 saturated carbocycles. The SMILES string of the molecule is Nc1cc2nccc(Cl)n2n1. The average Bonchev–Trinajstić information content (AvgIpc) is 2.31. The molecule has 0 aliphatic heterocycles. The van der Waals surface area contributed by atoms with Crippen LogP contribution < -0.4 is 5.73 Å². The summed E-state index contributed by atoms with van der Waals surface area (Å²) in [5.41, 5.74) is 6.09. The minimum atomic E-state index is 0.422. The molecule has 0 aliphatic rings. The first-order valence-electron chi connectivity index (χ1n) is 3.03. The van der Waals surface area contributed by atoms with Crippen molar-refractivity contribution in [2.24, 2.45) is 0 Å². The van der Waals surface area contributed by atoms with Crippen LogP contribution in [0.5, 0.6) is 0 Å². The number of fused-ring (bicyclic) bond motifs is 1. The summed E-state index contributed by atoms with van der Waals surface area (Å²) in [7, 11) is 0. The molecule has 5 heteroatoms. The van der Waals surface area contributed by atoms with Gasteiger partial charge in [-0.05, 0) is 6.07 Å². The summed E-state index contributed by atoms with van der Waals surface area (Å²) in [6, 6.07) is 3.31. The van der Waals surface area contributed by atoms with E-state index in [4.69, 9.17) is 17.3 Å². The summed E-state index contributed by atoms with van der Waals surface area (Å²) in [4.78, 5) is 4.00. The van der Waals surface area contributed by atoms with Gasteiger partial charge in [-0.25, -0.2) is 9.50 Å². The van der Waals surface area contributed by atoms with Gasteiger partial charge in [0.05, 0.1) is 0 Å². The van der Waals surface area contributed by atoms with Crippen molar-refractivity contribution in [2.45, 2.75) is 0 Å². The molecule has 0 unspecified atom stereocenters. The zero-order valence-corrected chi connectivity index (χ0v) is 6.28. The maximum atomic E-state index is 5.78. The van der Waals surface area contributed by atoms with Gasteiger partial charge in [0, 0.05) is 12.3 Å². The molecule has 0 atom stereocenters. The van der Waals surface area contributed by atoms with Crippen molar-refractivity contribution in [1.29, 1.82) is 0 Å². The molecule has 0 spiro atoms. The largest absolute Gasteiger partial charge is 0.382 e. The molecule has 4 nitrogen and oxygen atoms in total. The smallest absolute Gasteiger partial charge is 0.158 e. The van der Waals surface area contributed by atoms with Crippen LogP contribution in [0.4, 0.5) is 5.82 Å². The summed E-state index contributed by atoms with van der Waals surface area (Å²) < 4.78 is 1.48. The predicted molar refractivity (Wildman–Crippen MR) is 42.4 cm³/mol. The van der Waals surface area contributed by atoms with Crippen LogP contribution in [0, 0.1) is 0 Å². The second kappa shape index (κ2) is 2.10. The zero-order valence-electron chi connectivity index (χ0n) is 5.53. The lowest BCUT2D eigenvalue weighted by atomic mass is 10.6. The van der Waals surface area contributed by atoms with E-state index in [1.807, 2.05) is 0 Å². The fraction of sp³-hybridized carbons (Fsp3) is 0. The van der Waals surface area contributed by atoms with E-state index < -0.39 is 0 Å². The minimum absolute atomic E-state index is 0.422. The molecule has 0 aliphatic carbocycles. The highest BCUT2D eigenvalue weighted by molar-refractivity contribution is 6.29. The van der Waals surface area contributed by atoms with E-state index in [-0.39, 0.29) is 0 Å². The number of nitrogen functional groups attached to an aromatic ring is 1. The highest BCUT2D eigenvalue weighted by Gasteiger charge is 2.00. The van der Waals surface area contributed by atoms with Crippen molar-refractivity contribution < 1.29 is 0 Å². The highest BCUT2D eigenvalue weighted by atomic mass is 35.5. The van der Waals surface area contributed by atoms with E-state index in [9.17, 15) is 0 Å². The number of hydrogen-bond donors (Lipinski definition) is 1. The first-order chi connectivity index (χ1) is 5.27. The topological polar surface area (TPSA) is 56.2 Å². The Kier molecular flexibility index (Phi) is 1.22. The van der Waals surface area contributed by atoms with E-state index in [0.29, 0.717) is 16.6 Å². The van der Waals surface area contributed by atoms with Crippen molar-refractivity contribution >= 4 is 23.1 Å². The summed E-state index contributed by atoms with van der Waals surface area (Å²) >= 11 is 5.78. The quantitative estimate of drug-likeness (QED) is 0.597. The third-order valence-corrected chi connectivity index (χ3v) is 1.62. The zero-order chi connectivity index (χ0) is 7.84. The van der Waals surface area contributed by atoms with Crippen LogP contribution in [0.15, 0.2) is 18.3 Å². The van der Waals surface area contributed by atoms with Crippen LogP contribution in [-0.2, 0) is 0 Å². The summed E-state index contributed by atoms with van der Waals surface area (Å²) in [5.74, 6) is 0.422. The summed E-state index contributed by atoms with van der Waals surface area (Å²) in [6.45, 7) is 0. The molecule has 2 aromatic rings. The molecule has 2 aromatic heterocycles. The van der Waals surface area contributed by atoms with Crippen molar-refractivity contribution in [2.75, 3.05) is 5.73 Å². The number of nitrogens with two attached hydrogens (primary N) is 1. The molecule has 0 saturated heterocycles. The van der Waals surface area contributed by atoms with E-state index in [1.54, 1.807) is 18.3 Å². The lowest BCUT2D eigenvalue weighted by Crippen LogP contribution is -1.91. The Balaban J connectivity index is 2.90. The van der Waals surface area contributed by atoms with Gasteiger partial charge in [0.2, 0.25) is 0 Å². The van der Waals surface area contributed by atoms with Crippen LogP contribution in [-0.4, -0.2) is 14.6 Å². The van der Waals surface area contributed by atoms with E-state index in [0.717, 1.165) is 0 Å². The van der Waals surface area contributed by atoms with Crippen LogP contribution in [0.3, 0.4) is 0 Å². The second-order valence-corrected chi connectivity index (χ2v) is 2.49. The number of anilines is 1. The lowest BCUT2D eigenvalue weighted by Gasteiger charge is -1.92. The Labute approximate surface area is 67.6 Å². The van der Waals surface area contributed by atoms with Crippen LogP contribution in [0.1, 0.15) is 0 Å². The molecule has 2 rings (SSSR count). The number of aromatic nitrogens is 3. The van der Waals surface area contributed by atoms with Gasteiger partial charge < -0.3 is 5.73 Å². The normalized spacial score (nSPS) is 10.6. The van der Waals surface area contributed by atoms with Crippen LogP contribution in [0.25, 0.3) is 5.65 Å². The minimum Gasteiger partial charge on any atom is -0.382 e. The molecule has 0 fully saturated rings. The molecule has 0 bridgehead atoms. The van der Waals surface area contributed by atoms with E-state index >= 15 is 0 Å². The third-order valence-electron chi connectivity index (χ3n) is 1.33. The van der Waals surface area contributed by atoms with Gasteiger partial charge in [-0.15, -0.1) is 5.10 Å². The molecule has 2 N–H and O–H groups in total. The van der Waals surface area contributed by atoms with Gasteiger partial charge in [-0.1, -0.05) is 11.6 Å². The monoisotopic (exact) mass is 168 g/mol. The van der Waals surface area contributed by atoms with Crippen LogP contribution in [0.2, 0.25) is 5.15 Å². The maximum absolute atomic E-state index is 5.78. The van der Waals surface area contributed by atoms with Gasteiger partial charge in [0.1, 0.15) is 11.0 Å². The predicted octanol–water partition coefficient (Wildman–Crippen LogP) is 0.965. The fourth-order valence-electron chi connectivity index (χ4n) is 0.884. The lowest BCUT2D eigenvalue weighted by molar-refractivity contribution is 0.946. The molecule has 11 heavy (non-hydrogen) atoms. The molecule has 0 aromatic carbocycles. The standard InChI is InChI=1S/C6H5ClN4/c7-4-1-2-9-6-3-5(8)10-11(4)6/h1-3H,(H2,8,10). The Morgan fingerprint density at radius 1 is 1.55 bits per heavy atom. The highest BCUT2D eigenvalue weighted by Crippen LogP contribution is 2.11. The van der Waals surface area contributed by atoms with Gasteiger partial charge in [0.25, 0.3) is 0 Å². The Morgan fingerprint density at radius 2 is 2.36 bits per heavy atom. The van der Waals surface area contributed by atoms with Crippen molar-refractivity contribution in [3.8, 4) is 0 Å². The Bertz CT molecular complexity index is 394. The second-order valence-electron chi connectivity index (χ2n) is 2.11. The van der Waals surface area contributed by atoms with Gasteiger partial charge in [-0.3, -0.25) is 0 Å². The molecule has 56 valence electrons. The van der Waals surface area contributed by atoms with Gasteiger partial charge in [0.15, 0.2) is 5.65 Å². The average molecular weight is 169 g/mol. The van der Waals surface area contributed by atoms with Gasteiger partial charge >= 0.3 is 0 Å². The van der Waals surface area contributed by atoms with E-state index in [2.05, 4.69) is 10.1 Å². The Morgan fingerprint density at radius 3 is 3.09 bits per heavy atom. The first kappa shape index (κ1) is 6.42. The third kappa shape index (κ3) is 0.914. The summed E-state index contributed by atoms with van der Waals surface area (Å²) in [5, 5.41) is 4.42.